The van der Waals surface area contributed by atoms with Crippen LogP contribution >= 0.6 is 0 Å². The van der Waals surface area contributed by atoms with E-state index < -0.39 is 0 Å². The molecule has 0 aliphatic carbocycles. The first-order chi connectivity index (χ1) is 9.44. The predicted octanol–water partition coefficient (Wildman–Crippen LogP) is 4.46. The fraction of sp³-hybridized carbons (Fsp3) is 0.647. The van der Waals surface area contributed by atoms with Crippen LogP contribution in [0.25, 0.3) is 0 Å². The van der Waals surface area contributed by atoms with E-state index in [0.717, 1.165) is 19.3 Å². The van der Waals surface area contributed by atoms with Crippen LogP contribution < -0.4 is 5.32 Å². The second-order valence-corrected chi connectivity index (χ2v) is 6.22. The Hall–Kier alpha value is -0.930. The van der Waals surface area contributed by atoms with Crippen molar-refractivity contribution in [1.82, 2.24) is 5.32 Å². The summed E-state index contributed by atoms with van der Waals surface area (Å²) in [5.41, 5.74) is 0.636. The van der Waals surface area contributed by atoms with Crippen molar-refractivity contribution in [1.29, 1.82) is 0 Å². The number of halogens is 1. The highest BCUT2D eigenvalue weighted by Gasteiger charge is 2.19. The molecule has 1 N–H and O–H groups in total. The minimum atomic E-state index is -0.229. The third-order valence-corrected chi connectivity index (χ3v) is 3.14. The van der Waals surface area contributed by atoms with Crippen LogP contribution in [-0.2, 0) is 4.74 Å². The third kappa shape index (κ3) is 6.49. The van der Waals surface area contributed by atoms with Crippen molar-refractivity contribution in [3.8, 4) is 0 Å². The van der Waals surface area contributed by atoms with E-state index in [4.69, 9.17) is 4.74 Å². The van der Waals surface area contributed by atoms with Gasteiger partial charge in [0.25, 0.3) is 0 Å². The van der Waals surface area contributed by atoms with E-state index in [2.05, 4.69) is 33.0 Å². The molecule has 0 aromatic heterocycles. The molecule has 1 unspecified atom stereocenters. The molecule has 2 nitrogen and oxygen atoms in total. The first-order valence-electron chi connectivity index (χ1n) is 7.55. The van der Waals surface area contributed by atoms with Crippen LogP contribution in [0.2, 0.25) is 0 Å². The molecule has 0 saturated heterocycles. The molecule has 114 valence electrons. The molecule has 0 aliphatic rings. The van der Waals surface area contributed by atoms with Gasteiger partial charge in [-0.15, -0.1) is 0 Å². The summed E-state index contributed by atoms with van der Waals surface area (Å²) in [6.07, 6.45) is 3.11. The number of benzene rings is 1. The molecular weight excluding hydrogens is 253 g/mol. The predicted molar refractivity (Wildman–Crippen MR) is 82.4 cm³/mol. The van der Waals surface area contributed by atoms with E-state index in [1.807, 2.05) is 12.1 Å². The van der Waals surface area contributed by atoms with E-state index in [1.165, 1.54) is 6.07 Å². The molecule has 0 saturated carbocycles. The average molecular weight is 281 g/mol. The van der Waals surface area contributed by atoms with Crippen LogP contribution in [0.1, 0.15) is 58.6 Å². The second-order valence-electron chi connectivity index (χ2n) is 6.22. The second kappa shape index (κ2) is 8.38. The van der Waals surface area contributed by atoms with Gasteiger partial charge in [-0.3, -0.25) is 0 Å². The zero-order chi connectivity index (χ0) is 15.0. The molecule has 20 heavy (non-hydrogen) atoms. The Kier molecular flexibility index (Phi) is 7.17. The molecule has 0 spiro atoms. The fourth-order valence-corrected chi connectivity index (χ4v) is 1.97. The van der Waals surface area contributed by atoms with Crippen LogP contribution in [0.3, 0.4) is 0 Å². The topological polar surface area (TPSA) is 21.3 Å². The van der Waals surface area contributed by atoms with Crippen LogP contribution in [0.5, 0.6) is 0 Å². The van der Waals surface area contributed by atoms with Gasteiger partial charge in [-0.1, -0.05) is 38.0 Å². The Bertz CT molecular complexity index is 387. The van der Waals surface area contributed by atoms with Gasteiger partial charge in [0.15, 0.2) is 0 Å². The van der Waals surface area contributed by atoms with Gasteiger partial charge in [0.05, 0.1) is 6.10 Å². The summed E-state index contributed by atoms with van der Waals surface area (Å²) in [6.45, 7) is 9.76. The number of unbranched alkanes of at least 4 members (excludes halogenated alkanes) is 2. The molecule has 0 bridgehead atoms. The van der Waals surface area contributed by atoms with Gasteiger partial charge in [-0.25, -0.2) is 4.39 Å². The molecule has 1 aromatic carbocycles. The summed E-state index contributed by atoms with van der Waals surface area (Å²) in [7, 11) is 0. The molecule has 0 aliphatic heterocycles. The van der Waals surface area contributed by atoms with E-state index in [0.29, 0.717) is 18.7 Å². The van der Waals surface area contributed by atoms with E-state index in [9.17, 15) is 4.39 Å². The van der Waals surface area contributed by atoms with Crippen molar-refractivity contribution in [2.24, 2.45) is 0 Å². The quantitative estimate of drug-likeness (QED) is 0.710. The van der Waals surface area contributed by atoms with Crippen molar-refractivity contribution in [2.45, 2.75) is 58.6 Å². The number of nitrogens with one attached hydrogen (secondary N) is 1. The first kappa shape index (κ1) is 17.1. The first-order valence-corrected chi connectivity index (χ1v) is 7.55. The molecule has 0 amide bonds. The smallest absolute Gasteiger partial charge is 0.129 e. The summed E-state index contributed by atoms with van der Waals surface area (Å²) < 4.78 is 19.8. The fourth-order valence-electron chi connectivity index (χ4n) is 1.97. The molecular formula is C17H28FNO. The van der Waals surface area contributed by atoms with E-state index in [-0.39, 0.29) is 17.5 Å². The standard InChI is InChI=1S/C17H28FNO/c1-5-6-9-12-20-16(13-19-17(2,3)4)14-10-7-8-11-15(14)18/h7-8,10-11,16,19H,5-6,9,12-13H2,1-4H3. The lowest BCUT2D eigenvalue weighted by molar-refractivity contribution is 0.0435. The van der Waals surface area contributed by atoms with Crippen molar-refractivity contribution in [3.63, 3.8) is 0 Å². The van der Waals surface area contributed by atoms with E-state index in [1.54, 1.807) is 6.07 Å². The van der Waals surface area contributed by atoms with Crippen LogP contribution in [0.15, 0.2) is 24.3 Å². The highest BCUT2D eigenvalue weighted by molar-refractivity contribution is 5.20. The Morgan fingerprint density at radius 3 is 2.50 bits per heavy atom. The van der Waals surface area contributed by atoms with Gasteiger partial charge in [-0.05, 0) is 33.3 Å². The van der Waals surface area contributed by atoms with Crippen LogP contribution in [0, 0.1) is 5.82 Å². The van der Waals surface area contributed by atoms with Gasteiger partial charge in [0, 0.05) is 24.3 Å². The minimum absolute atomic E-state index is 0.00369. The van der Waals surface area contributed by atoms with Crippen molar-refractivity contribution in [3.05, 3.63) is 35.6 Å². The molecule has 0 fully saturated rings. The summed E-state index contributed by atoms with van der Waals surface area (Å²) in [4.78, 5) is 0. The molecule has 0 radical (unpaired) electrons. The Morgan fingerprint density at radius 1 is 1.20 bits per heavy atom. The van der Waals surface area contributed by atoms with Crippen molar-refractivity contribution in [2.75, 3.05) is 13.2 Å². The number of hydrogen-bond donors (Lipinski definition) is 1. The zero-order valence-electron chi connectivity index (χ0n) is 13.2. The van der Waals surface area contributed by atoms with Gasteiger partial charge in [-0.2, -0.15) is 0 Å². The monoisotopic (exact) mass is 281 g/mol. The molecule has 0 heterocycles. The van der Waals surface area contributed by atoms with Crippen molar-refractivity contribution >= 4 is 0 Å². The number of ether oxygens (including phenoxy) is 1. The number of rotatable bonds is 8. The lowest BCUT2D eigenvalue weighted by atomic mass is 10.1. The van der Waals surface area contributed by atoms with Crippen LogP contribution in [-0.4, -0.2) is 18.7 Å². The Balaban J connectivity index is 2.66. The summed E-state index contributed by atoms with van der Waals surface area (Å²) in [5, 5.41) is 3.40. The summed E-state index contributed by atoms with van der Waals surface area (Å²) in [5.74, 6) is -0.191. The molecule has 1 aromatic rings. The van der Waals surface area contributed by atoms with Gasteiger partial charge in [0.1, 0.15) is 5.82 Å². The van der Waals surface area contributed by atoms with Gasteiger partial charge in [0.2, 0.25) is 0 Å². The maximum absolute atomic E-state index is 13.9. The normalized spacial score (nSPS) is 13.4. The maximum atomic E-state index is 13.9. The lowest BCUT2D eigenvalue weighted by Crippen LogP contribution is -2.39. The van der Waals surface area contributed by atoms with Crippen molar-refractivity contribution < 1.29 is 9.13 Å². The molecule has 1 rings (SSSR count). The van der Waals surface area contributed by atoms with Gasteiger partial charge >= 0.3 is 0 Å². The zero-order valence-corrected chi connectivity index (χ0v) is 13.2. The molecule has 3 heteroatoms. The minimum Gasteiger partial charge on any atom is -0.372 e. The Labute approximate surface area is 122 Å². The third-order valence-electron chi connectivity index (χ3n) is 3.14. The maximum Gasteiger partial charge on any atom is 0.129 e. The highest BCUT2D eigenvalue weighted by atomic mass is 19.1. The Morgan fingerprint density at radius 2 is 1.90 bits per heavy atom. The summed E-state index contributed by atoms with van der Waals surface area (Å²) in [6, 6.07) is 6.88. The lowest BCUT2D eigenvalue weighted by Gasteiger charge is -2.26. The summed E-state index contributed by atoms with van der Waals surface area (Å²) >= 11 is 0. The highest BCUT2D eigenvalue weighted by Crippen LogP contribution is 2.21. The SMILES string of the molecule is CCCCCOC(CNC(C)(C)C)c1ccccc1F. The molecule has 1 atom stereocenters. The number of hydrogen-bond acceptors (Lipinski definition) is 2. The average Bonchev–Trinajstić information content (AvgIpc) is 2.38. The van der Waals surface area contributed by atoms with Gasteiger partial charge < -0.3 is 10.1 Å². The van der Waals surface area contributed by atoms with Crippen LogP contribution in [0.4, 0.5) is 4.39 Å². The largest absolute Gasteiger partial charge is 0.372 e. The van der Waals surface area contributed by atoms with E-state index >= 15 is 0 Å².